The molecule has 0 bridgehead atoms. The first-order valence-corrected chi connectivity index (χ1v) is 8.89. The van der Waals surface area contributed by atoms with E-state index in [1.807, 2.05) is 6.07 Å². The Balaban J connectivity index is 1.59. The standard InChI is InChI=1S/C19H16BrFN2O4/c1-11-6-7-13(8-16(11)21)18-22-19(27-23-18)12(2)26-17(24)10-25-15-5-3-4-14(20)9-15/h3-9,12H,10H2,1-2H3. The van der Waals surface area contributed by atoms with Crippen LogP contribution in [0.15, 0.2) is 51.5 Å². The number of nitrogens with zero attached hydrogens (tertiary/aromatic N) is 2. The third kappa shape index (κ3) is 4.91. The van der Waals surface area contributed by atoms with E-state index < -0.39 is 12.1 Å². The highest BCUT2D eigenvalue weighted by atomic mass is 79.9. The summed E-state index contributed by atoms with van der Waals surface area (Å²) in [6.07, 6.45) is -0.764. The smallest absolute Gasteiger partial charge is 0.344 e. The van der Waals surface area contributed by atoms with E-state index in [0.717, 1.165) is 4.47 Å². The molecule has 2 aromatic carbocycles. The van der Waals surface area contributed by atoms with Gasteiger partial charge in [0.15, 0.2) is 12.7 Å². The van der Waals surface area contributed by atoms with Gasteiger partial charge in [-0.3, -0.25) is 0 Å². The van der Waals surface area contributed by atoms with Crippen molar-refractivity contribution in [3.05, 3.63) is 64.2 Å². The van der Waals surface area contributed by atoms with Gasteiger partial charge in [0.1, 0.15) is 11.6 Å². The summed E-state index contributed by atoms with van der Waals surface area (Å²) in [7, 11) is 0. The predicted octanol–water partition coefficient (Wildman–Crippen LogP) is 4.63. The minimum Gasteiger partial charge on any atom is -0.482 e. The van der Waals surface area contributed by atoms with Crippen LogP contribution in [-0.2, 0) is 9.53 Å². The molecule has 140 valence electrons. The maximum Gasteiger partial charge on any atom is 0.344 e. The molecule has 1 atom stereocenters. The molecule has 3 aromatic rings. The summed E-state index contributed by atoms with van der Waals surface area (Å²) in [6, 6.07) is 11.8. The molecular formula is C19H16BrFN2O4. The van der Waals surface area contributed by atoms with Crippen LogP contribution in [0.5, 0.6) is 5.75 Å². The van der Waals surface area contributed by atoms with Crippen molar-refractivity contribution in [2.45, 2.75) is 20.0 Å². The van der Waals surface area contributed by atoms with E-state index in [1.165, 1.54) is 6.07 Å². The molecule has 0 aliphatic rings. The summed E-state index contributed by atoms with van der Waals surface area (Å²) >= 11 is 3.32. The first-order valence-electron chi connectivity index (χ1n) is 8.10. The van der Waals surface area contributed by atoms with Crippen LogP contribution in [0.2, 0.25) is 0 Å². The lowest BCUT2D eigenvalue weighted by molar-refractivity contribution is -0.152. The number of hydrogen-bond donors (Lipinski definition) is 0. The fraction of sp³-hybridized carbons (Fsp3) is 0.211. The van der Waals surface area contributed by atoms with Crippen molar-refractivity contribution in [2.75, 3.05) is 6.61 Å². The summed E-state index contributed by atoms with van der Waals surface area (Å²) in [6.45, 7) is 3.01. The maximum absolute atomic E-state index is 13.7. The van der Waals surface area contributed by atoms with Gasteiger partial charge in [-0.1, -0.05) is 39.3 Å². The number of esters is 1. The summed E-state index contributed by atoms with van der Waals surface area (Å²) in [4.78, 5) is 16.1. The van der Waals surface area contributed by atoms with Crippen LogP contribution in [0.3, 0.4) is 0 Å². The van der Waals surface area contributed by atoms with E-state index in [1.54, 1.807) is 44.2 Å². The largest absolute Gasteiger partial charge is 0.482 e. The van der Waals surface area contributed by atoms with Gasteiger partial charge in [-0.05, 0) is 43.7 Å². The van der Waals surface area contributed by atoms with Gasteiger partial charge in [-0.15, -0.1) is 0 Å². The van der Waals surface area contributed by atoms with Crippen molar-refractivity contribution in [1.29, 1.82) is 0 Å². The topological polar surface area (TPSA) is 74.5 Å². The number of hydrogen-bond acceptors (Lipinski definition) is 6. The van der Waals surface area contributed by atoms with E-state index in [4.69, 9.17) is 14.0 Å². The molecule has 0 N–H and O–H groups in total. The number of benzene rings is 2. The van der Waals surface area contributed by atoms with Crippen molar-refractivity contribution in [1.82, 2.24) is 10.1 Å². The van der Waals surface area contributed by atoms with Crippen molar-refractivity contribution >= 4 is 21.9 Å². The molecular weight excluding hydrogens is 419 g/mol. The summed E-state index contributed by atoms with van der Waals surface area (Å²) in [5.41, 5.74) is 1.000. The highest BCUT2D eigenvalue weighted by Crippen LogP contribution is 2.23. The van der Waals surface area contributed by atoms with Crippen LogP contribution < -0.4 is 4.74 Å². The number of carbonyl (C=O) groups is 1. The average Bonchev–Trinajstić information content (AvgIpc) is 3.13. The van der Waals surface area contributed by atoms with Gasteiger partial charge in [0.05, 0.1) is 0 Å². The van der Waals surface area contributed by atoms with Gasteiger partial charge in [0, 0.05) is 10.0 Å². The molecule has 1 aromatic heterocycles. The normalized spacial score (nSPS) is 11.9. The van der Waals surface area contributed by atoms with Crippen molar-refractivity contribution < 1.29 is 23.2 Å². The van der Waals surface area contributed by atoms with E-state index in [9.17, 15) is 9.18 Å². The molecule has 0 fully saturated rings. The first-order chi connectivity index (χ1) is 12.9. The van der Waals surface area contributed by atoms with Crippen LogP contribution in [0.1, 0.15) is 24.5 Å². The molecule has 1 unspecified atom stereocenters. The van der Waals surface area contributed by atoms with E-state index in [0.29, 0.717) is 16.9 Å². The zero-order chi connectivity index (χ0) is 19.4. The molecule has 1 heterocycles. The maximum atomic E-state index is 13.7. The third-order valence-electron chi connectivity index (χ3n) is 3.68. The average molecular weight is 435 g/mol. The highest BCUT2D eigenvalue weighted by Gasteiger charge is 2.20. The lowest BCUT2D eigenvalue weighted by Crippen LogP contribution is -2.17. The second kappa shape index (κ2) is 8.30. The molecule has 0 aliphatic heterocycles. The van der Waals surface area contributed by atoms with Crippen LogP contribution in [-0.4, -0.2) is 22.7 Å². The van der Waals surface area contributed by atoms with Gasteiger partial charge in [-0.25, -0.2) is 9.18 Å². The Hall–Kier alpha value is -2.74. The first kappa shape index (κ1) is 19.0. The van der Waals surface area contributed by atoms with Crippen LogP contribution in [0.4, 0.5) is 4.39 Å². The Morgan fingerprint density at radius 2 is 2.11 bits per heavy atom. The van der Waals surface area contributed by atoms with Crippen LogP contribution >= 0.6 is 15.9 Å². The van der Waals surface area contributed by atoms with E-state index >= 15 is 0 Å². The Labute approximate surface area is 163 Å². The quantitative estimate of drug-likeness (QED) is 0.526. The Morgan fingerprint density at radius 3 is 2.85 bits per heavy atom. The fourth-order valence-corrected chi connectivity index (χ4v) is 2.61. The molecule has 0 spiro atoms. The summed E-state index contributed by atoms with van der Waals surface area (Å²) in [5, 5.41) is 3.81. The van der Waals surface area contributed by atoms with Crippen LogP contribution in [0, 0.1) is 12.7 Å². The molecule has 0 saturated carbocycles. The number of aryl methyl sites for hydroxylation is 1. The lowest BCUT2D eigenvalue weighted by atomic mass is 10.1. The molecule has 6 nitrogen and oxygen atoms in total. The molecule has 0 saturated heterocycles. The molecule has 8 heteroatoms. The summed E-state index contributed by atoms with van der Waals surface area (Å²) in [5.74, 6) is -0.0685. The molecule has 3 rings (SSSR count). The van der Waals surface area contributed by atoms with Crippen molar-refractivity contribution in [3.63, 3.8) is 0 Å². The number of carbonyl (C=O) groups excluding carboxylic acids is 1. The van der Waals surface area contributed by atoms with Gasteiger partial charge in [0.25, 0.3) is 5.89 Å². The van der Waals surface area contributed by atoms with Gasteiger partial charge >= 0.3 is 5.97 Å². The van der Waals surface area contributed by atoms with Crippen LogP contribution in [0.25, 0.3) is 11.4 Å². The highest BCUT2D eigenvalue weighted by molar-refractivity contribution is 9.10. The lowest BCUT2D eigenvalue weighted by Gasteiger charge is -2.10. The molecule has 0 amide bonds. The molecule has 0 aliphatic carbocycles. The van der Waals surface area contributed by atoms with Crippen molar-refractivity contribution in [2.24, 2.45) is 0 Å². The predicted molar refractivity (Wildman–Crippen MR) is 98.6 cm³/mol. The van der Waals surface area contributed by atoms with E-state index in [-0.39, 0.29) is 24.1 Å². The number of rotatable bonds is 6. The fourth-order valence-electron chi connectivity index (χ4n) is 2.23. The van der Waals surface area contributed by atoms with Gasteiger partial charge in [0.2, 0.25) is 5.82 Å². The molecule has 27 heavy (non-hydrogen) atoms. The second-order valence-corrected chi connectivity index (χ2v) is 6.71. The monoisotopic (exact) mass is 434 g/mol. The second-order valence-electron chi connectivity index (χ2n) is 5.80. The number of aromatic nitrogens is 2. The minimum atomic E-state index is -0.764. The number of ether oxygens (including phenoxy) is 2. The Bertz CT molecular complexity index is 960. The van der Waals surface area contributed by atoms with Gasteiger partial charge < -0.3 is 14.0 Å². The SMILES string of the molecule is Cc1ccc(-c2noc(C(C)OC(=O)COc3cccc(Br)c3)n2)cc1F. The van der Waals surface area contributed by atoms with Crippen molar-refractivity contribution in [3.8, 4) is 17.1 Å². The zero-order valence-electron chi connectivity index (χ0n) is 14.6. The Morgan fingerprint density at radius 1 is 1.30 bits per heavy atom. The number of halogens is 2. The summed E-state index contributed by atoms with van der Waals surface area (Å²) < 4.78 is 30.2. The molecule has 0 radical (unpaired) electrons. The zero-order valence-corrected chi connectivity index (χ0v) is 16.2. The third-order valence-corrected chi connectivity index (χ3v) is 4.17. The minimum absolute atomic E-state index is 0.113. The Kier molecular flexibility index (Phi) is 5.85. The van der Waals surface area contributed by atoms with E-state index in [2.05, 4.69) is 26.1 Å². The van der Waals surface area contributed by atoms with Gasteiger partial charge in [-0.2, -0.15) is 4.98 Å².